The van der Waals surface area contributed by atoms with Crippen LogP contribution in [0.5, 0.6) is 0 Å². The fourth-order valence-corrected chi connectivity index (χ4v) is 3.50. The Bertz CT molecular complexity index is 733. The maximum absolute atomic E-state index is 12.6. The van der Waals surface area contributed by atoms with Gasteiger partial charge in [0, 0.05) is 13.1 Å². The summed E-state index contributed by atoms with van der Waals surface area (Å²) in [6.07, 6.45) is 0. The summed E-state index contributed by atoms with van der Waals surface area (Å²) in [7, 11) is -2.08. The molecule has 0 bridgehead atoms. The summed E-state index contributed by atoms with van der Waals surface area (Å²) in [5, 5.41) is 0.340. The zero-order valence-electron chi connectivity index (χ0n) is 11.8. The van der Waals surface area contributed by atoms with Crippen molar-refractivity contribution >= 4 is 27.3 Å². The first-order chi connectivity index (χ1) is 9.84. The van der Waals surface area contributed by atoms with Crippen LogP contribution in [-0.4, -0.2) is 19.8 Å². The summed E-state index contributed by atoms with van der Waals surface area (Å²) >= 11 is 5.84. The summed E-state index contributed by atoms with van der Waals surface area (Å²) in [5.41, 5.74) is 6.86. The van der Waals surface area contributed by atoms with Crippen molar-refractivity contribution in [3.8, 4) is 0 Å². The van der Waals surface area contributed by atoms with E-state index in [0.717, 1.165) is 5.56 Å². The maximum Gasteiger partial charge on any atom is 0.243 e. The van der Waals surface area contributed by atoms with Gasteiger partial charge in [0.05, 0.1) is 15.6 Å². The second-order valence-electron chi connectivity index (χ2n) is 4.79. The molecule has 0 saturated heterocycles. The molecule has 0 radical (unpaired) electrons. The number of anilines is 1. The molecule has 0 fully saturated rings. The van der Waals surface area contributed by atoms with E-state index < -0.39 is 10.0 Å². The van der Waals surface area contributed by atoms with Gasteiger partial charge in [-0.1, -0.05) is 41.9 Å². The molecule has 2 N–H and O–H groups in total. The van der Waals surface area contributed by atoms with Crippen molar-refractivity contribution in [2.75, 3.05) is 12.8 Å². The van der Waals surface area contributed by atoms with Crippen molar-refractivity contribution in [2.24, 2.45) is 0 Å². The van der Waals surface area contributed by atoms with Gasteiger partial charge in [0.15, 0.2) is 0 Å². The molecule has 0 aliphatic heterocycles. The van der Waals surface area contributed by atoms with Crippen LogP contribution < -0.4 is 5.73 Å². The lowest BCUT2D eigenvalue weighted by Crippen LogP contribution is -2.29. The SMILES string of the molecule is CC(c1ccccc1)N(C)S(=O)(=O)c1ccc(Cl)c(N)c1. The van der Waals surface area contributed by atoms with Crippen molar-refractivity contribution in [3.05, 3.63) is 59.1 Å². The topological polar surface area (TPSA) is 63.4 Å². The van der Waals surface area contributed by atoms with Crippen LogP contribution in [0.4, 0.5) is 5.69 Å². The lowest BCUT2D eigenvalue weighted by molar-refractivity contribution is 0.398. The third-order valence-electron chi connectivity index (χ3n) is 3.47. The summed E-state index contributed by atoms with van der Waals surface area (Å²) in [4.78, 5) is 0.134. The smallest absolute Gasteiger partial charge is 0.243 e. The fourth-order valence-electron chi connectivity index (χ4n) is 2.00. The first-order valence-corrected chi connectivity index (χ1v) is 8.24. The number of nitrogens with zero attached hydrogens (tertiary/aromatic N) is 1. The Morgan fingerprint density at radius 2 is 1.76 bits per heavy atom. The van der Waals surface area contributed by atoms with Gasteiger partial charge in [0.2, 0.25) is 10.0 Å². The van der Waals surface area contributed by atoms with Crippen LogP contribution in [0.3, 0.4) is 0 Å². The second kappa shape index (κ2) is 6.05. The molecule has 4 nitrogen and oxygen atoms in total. The predicted molar refractivity (Wildman–Crippen MR) is 85.7 cm³/mol. The molecular weight excluding hydrogens is 308 g/mol. The largest absolute Gasteiger partial charge is 0.397 e. The van der Waals surface area contributed by atoms with Gasteiger partial charge < -0.3 is 5.73 Å². The van der Waals surface area contributed by atoms with E-state index in [1.165, 1.54) is 22.5 Å². The van der Waals surface area contributed by atoms with Gasteiger partial charge in [-0.15, -0.1) is 0 Å². The normalized spacial score (nSPS) is 13.3. The van der Waals surface area contributed by atoms with Crippen LogP contribution in [0.25, 0.3) is 0 Å². The summed E-state index contributed by atoms with van der Waals surface area (Å²) in [6, 6.07) is 13.5. The highest BCUT2D eigenvalue weighted by Crippen LogP contribution is 2.28. The molecule has 1 unspecified atom stereocenters. The first-order valence-electron chi connectivity index (χ1n) is 6.42. The van der Waals surface area contributed by atoms with Crippen molar-refractivity contribution in [3.63, 3.8) is 0 Å². The predicted octanol–water partition coefficient (Wildman–Crippen LogP) is 3.30. The van der Waals surface area contributed by atoms with Gasteiger partial charge >= 0.3 is 0 Å². The summed E-state index contributed by atoms with van der Waals surface area (Å²) in [5.74, 6) is 0. The van der Waals surface area contributed by atoms with Crippen molar-refractivity contribution in [1.29, 1.82) is 0 Å². The highest BCUT2D eigenvalue weighted by atomic mass is 35.5. The Hall–Kier alpha value is -1.56. The standard InChI is InChI=1S/C15H17ClN2O2S/c1-11(12-6-4-3-5-7-12)18(2)21(19,20)13-8-9-14(16)15(17)10-13/h3-11H,17H2,1-2H3. The Morgan fingerprint density at radius 1 is 1.14 bits per heavy atom. The fraction of sp³-hybridized carbons (Fsp3) is 0.200. The number of halogens is 1. The minimum absolute atomic E-state index is 0.134. The number of benzene rings is 2. The van der Waals surface area contributed by atoms with Gasteiger partial charge in [-0.2, -0.15) is 4.31 Å². The zero-order valence-corrected chi connectivity index (χ0v) is 13.4. The molecule has 0 saturated carbocycles. The lowest BCUT2D eigenvalue weighted by atomic mass is 10.1. The highest BCUT2D eigenvalue weighted by Gasteiger charge is 2.26. The lowest BCUT2D eigenvalue weighted by Gasteiger charge is -2.24. The minimum atomic E-state index is -3.63. The van der Waals surface area contributed by atoms with Crippen LogP contribution in [-0.2, 0) is 10.0 Å². The molecule has 21 heavy (non-hydrogen) atoms. The molecule has 2 aromatic rings. The quantitative estimate of drug-likeness (QED) is 0.878. The van der Waals surface area contributed by atoms with E-state index in [0.29, 0.717) is 5.02 Å². The number of hydrogen-bond donors (Lipinski definition) is 1. The Balaban J connectivity index is 2.36. The molecule has 0 heterocycles. The number of nitrogens with two attached hydrogens (primary N) is 1. The average Bonchev–Trinajstić information content (AvgIpc) is 2.49. The van der Waals surface area contributed by atoms with E-state index in [4.69, 9.17) is 17.3 Å². The molecule has 0 amide bonds. The zero-order chi connectivity index (χ0) is 15.6. The second-order valence-corrected chi connectivity index (χ2v) is 7.20. The van der Waals surface area contributed by atoms with E-state index in [-0.39, 0.29) is 16.6 Å². The first kappa shape index (κ1) is 15.8. The molecule has 6 heteroatoms. The van der Waals surface area contributed by atoms with Gasteiger partial charge in [0.25, 0.3) is 0 Å². The van der Waals surface area contributed by atoms with Crippen molar-refractivity contribution < 1.29 is 8.42 Å². The van der Waals surface area contributed by atoms with E-state index in [1.807, 2.05) is 37.3 Å². The monoisotopic (exact) mass is 324 g/mol. The molecule has 0 aliphatic rings. The van der Waals surface area contributed by atoms with Gasteiger partial charge in [-0.05, 0) is 30.7 Å². The molecule has 112 valence electrons. The Morgan fingerprint density at radius 3 is 2.33 bits per heavy atom. The molecule has 2 rings (SSSR count). The average molecular weight is 325 g/mol. The molecule has 2 aromatic carbocycles. The number of hydrogen-bond acceptors (Lipinski definition) is 3. The summed E-state index contributed by atoms with van der Waals surface area (Å²) in [6.45, 7) is 1.84. The number of nitrogen functional groups attached to an aromatic ring is 1. The van der Waals surface area contributed by atoms with E-state index >= 15 is 0 Å². The van der Waals surface area contributed by atoms with Crippen LogP contribution in [0.2, 0.25) is 5.02 Å². The van der Waals surface area contributed by atoms with Crippen LogP contribution in [0.15, 0.2) is 53.4 Å². The van der Waals surface area contributed by atoms with Gasteiger partial charge in [0.1, 0.15) is 0 Å². The van der Waals surface area contributed by atoms with E-state index in [1.54, 1.807) is 7.05 Å². The molecule has 0 aliphatic carbocycles. The molecule has 1 atom stereocenters. The van der Waals surface area contributed by atoms with Crippen molar-refractivity contribution in [1.82, 2.24) is 4.31 Å². The third-order valence-corrected chi connectivity index (χ3v) is 5.74. The summed E-state index contributed by atoms with van der Waals surface area (Å²) < 4.78 is 26.6. The van der Waals surface area contributed by atoms with Gasteiger partial charge in [-0.3, -0.25) is 0 Å². The maximum atomic E-state index is 12.6. The third kappa shape index (κ3) is 3.20. The molecule has 0 spiro atoms. The Labute approximate surface area is 130 Å². The van der Waals surface area contributed by atoms with E-state index in [2.05, 4.69) is 0 Å². The van der Waals surface area contributed by atoms with Crippen molar-refractivity contribution in [2.45, 2.75) is 17.9 Å². The molecule has 0 aromatic heterocycles. The minimum Gasteiger partial charge on any atom is -0.397 e. The van der Waals surface area contributed by atoms with Crippen LogP contribution in [0, 0.1) is 0 Å². The van der Waals surface area contributed by atoms with Gasteiger partial charge in [-0.25, -0.2) is 8.42 Å². The highest BCUT2D eigenvalue weighted by molar-refractivity contribution is 7.89. The number of sulfonamides is 1. The van der Waals surface area contributed by atoms with E-state index in [9.17, 15) is 8.42 Å². The van der Waals surface area contributed by atoms with Crippen LogP contribution >= 0.6 is 11.6 Å². The molecular formula is C15H17ClN2O2S. The Kier molecular flexibility index (Phi) is 4.56. The number of rotatable bonds is 4. The van der Waals surface area contributed by atoms with Crippen LogP contribution in [0.1, 0.15) is 18.5 Å².